The normalized spacial score (nSPS) is 15.7. The lowest BCUT2D eigenvalue weighted by molar-refractivity contribution is 0.685. The van der Waals surface area contributed by atoms with Gasteiger partial charge in [-0.15, -0.1) is 0 Å². The van der Waals surface area contributed by atoms with Crippen LogP contribution >= 0.6 is 0 Å². The van der Waals surface area contributed by atoms with E-state index in [1.54, 1.807) is 0 Å². The van der Waals surface area contributed by atoms with Crippen molar-refractivity contribution in [2.75, 3.05) is 4.90 Å². The van der Waals surface area contributed by atoms with Crippen LogP contribution in [-0.4, -0.2) is 0 Å². The van der Waals surface area contributed by atoms with Crippen LogP contribution < -0.4 is 4.90 Å². The van der Waals surface area contributed by atoms with Crippen LogP contribution in [-0.2, 0) is 0 Å². The Hall–Kier alpha value is -8.00. The zero-order valence-corrected chi connectivity index (χ0v) is 34.8. The van der Waals surface area contributed by atoms with Gasteiger partial charge >= 0.3 is 0 Å². The summed E-state index contributed by atoms with van der Waals surface area (Å²) in [6.45, 7) is 0. The van der Waals surface area contributed by atoms with E-state index in [1.807, 2.05) is 0 Å². The van der Waals surface area contributed by atoms with Crippen molar-refractivity contribution in [3.05, 3.63) is 265 Å². The average Bonchev–Trinajstić information content (AvgIpc) is 3.37. The predicted octanol–water partition coefficient (Wildman–Crippen LogP) is 17.0. The molecule has 63 heavy (non-hydrogen) atoms. The highest BCUT2D eigenvalue weighted by atomic mass is 15.1. The summed E-state index contributed by atoms with van der Waals surface area (Å²) in [6, 6.07) is 78.2. The second kappa shape index (κ2) is 15.5. The first kappa shape index (κ1) is 36.8. The fourth-order valence-electron chi connectivity index (χ4n) is 10.3. The molecule has 1 heteroatoms. The molecule has 0 bridgehead atoms. The van der Waals surface area contributed by atoms with Gasteiger partial charge in [-0.05, 0) is 113 Å². The fourth-order valence-corrected chi connectivity index (χ4v) is 10.3. The summed E-state index contributed by atoms with van der Waals surface area (Å²) in [4.78, 5) is 2.46. The molecule has 1 nitrogen and oxygen atoms in total. The molecular weight excluding hydrogens is 759 g/mol. The van der Waals surface area contributed by atoms with Crippen molar-refractivity contribution >= 4 is 65.7 Å². The number of hydrogen-bond donors (Lipinski definition) is 0. The Balaban J connectivity index is 0.985. The van der Waals surface area contributed by atoms with Crippen molar-refractivity contribution in [1.82, 2.24) is 0 Å². The van der Waals surface area contributed by atoms with E-state index < -0.39 is 0 Å². The van der Waals surface area contributed by atoms with Crippen LogP contribution in [0.3, 0.4) is 0 Å². The molecule has 296 valence electrons. The zero-order chi connectivity index (χ0) is 41.7. The van der Waals surface area contributed by atoms with Crippen molar-refractivity contribution in [2.24, 2.45) is 5.92 Å². The second-order valence-electron chi connectivity index (χ2n) is 16.8. The summed E-state index contributed by atoms with van der Waals surface area (Å²) in [6.07, 6.45) is 13.6. The highest BCUT2D eigenvalue weighted by Gasteiger charge is 2.31. The van der Waals surface area contributed by atoms with Crippen LogP contribution in [0.1, 0.15) is 17.0 Å². The molecule has 0 saturated heterocycles. The molecule has 0 spiro atoms. The summed E-state index contributed by atoms with van der Waals surface area (Å²) >= 11 is 0. The van der Waals surface area contributed by atoms with Crippen LogP contribution in [0.25, 0.3) is 70.9 Å². The molecule has 2 atom stereocenters. The molecule has 2 unspecified atom stereocenters. The van der Waals surface area contributed by atoms with Gasteiger partial charge in [0, 0.05) is 28.6 Å². The molecule has 0 aromatic heterocycles. The van der Waals surface area contributed by atoms with E-state index >= 15 is 0 Å². The number of rotatable bonds is 7. The molecule has 2 aliphatic carbocycles. The highest BCUT2D eigenvalue weighted by Crippen LogP contribution is 2.48. The third-order valence-electron chi connectivity index (χ3n) is 13.3. The lowest BCUT2D eigenvalue weighted by atomic mass is 9.70. The van der Waals surface area contributed by atoms with Gasteiger partial charge in [0.15, 0.2) is 0 Å². The van der Waals surface area contributed by atoms with Crippen molar-refractivity contribution in [1.29, 1.82) is 0 Å². The first-order valence-corrected chi connectivity index (χ1v) is 22.0. The van der Waals surface area contributed by atoms with Gasteiger partial charge in [0.25, 0.3) is 0 Å². The van der Waals surface area contributed by atoms with E-state index in [1.165, 1.54) is 87.6 Å². The van der Waals surface area contributed by atoms with Crippen LogP contribution in [0.2, 0.25) is 0 Å². The minimum atomic E-state index is 0.190. The van der Waals surface area contributed by atoms with Crippen LogP contribution in [0.5, 0.6) is 0 Å². The third-order valence-corrected chi connectivity index (χ3v) is 13.3. The largest absolute Gasteiger partial charge is 0.310 e. The molecule has 0 saturated carbocycles. The number of nitrogens with zero attached hydrogens (tertiary/aromatic N) is 1. The van der Waals surface area contributed by atoms with Gasteiger partial charge in [-0.3, -0.25) is 0 Å². The standard InChI is InChI=1S/C62H43N/c1-2-14-45(15-3-1)54-41-36-46-17-5-7-20-53(46)61(54)48-34-39-50(40-35-48)63(60-27-13-26-59-57-22-9-8-21-55(57)56-23-10-11-24-58(56)62(59)60)49-37-32-43(33-38-49)42-28-30-47(31-29-42)52-25-12-18-44-16-4-6-19-51(44)52/h1-41,53,61H. The monoisotopic (exact) mass is 801 g/mol. The van der Waals surface area contributed by atoms with Gasteiger partial charge in [0.05, 0.1) is 5.69 Å². The predicted molar refractivity (Wildman–Crippen MR) is 269 cm³/mol. The van der Waals surface area contributed by atoms with E-state index in [-0.39, 0.29) is 11.8 Å². The van der Waals surface area contributed by atoms with Crippen LogP contribution in [0.15, 0.2) is 254 Å². The molecule has 0 heterocycles. The van der Waals surface area contributed by atoms with E-state index in [9.17, 15) is 0 Å². The Kier molecular flexibility index (Phi) is 9.04. The van der Waals surface area contributed by atoms with Crippen molar-refractivity contribution in [3.63, 3.8) is 0 Å². The summed E-state index contributed by atoms with van der Waals surface area (Å²) in [5.41, 5.74) is 13.5. The minimum absolute atomic E-state index is 0.190. The molecule has 0 radical (unpaired) electrons. The van der Waals surface area contributed by atoms with Gasteiger partial charge in [0.1, 0.15) is 0 Å². The quantitative estimate of drug-likeness (QED) is 0.145. The average molecular weight is 802 g/mol. The Morgan fingerprint density at radius 1 is 0.365 bits per heavy atom. The van der Waals surface area contributed by atoms with E-state index in [0.717, 1.165) is 17.1 Å². The smallest absolute Gasteiger partial charge is 0.0546 e. The van der Waals surface area contributed by atoms with Crippen LogP contribution in [0, 0.1) is 5.92 Å². The third kappa shape index (κ3) is 6.40. The van der Waals surface area contributed by atoms with Crippen molar-refractivity contribution in [3.8, 4) is 22.3 Å². The van der Waals surface area contributed by atoms with E-state index in [4.69, 9.17) is 0 Å². The first-order chi connectivity index (χ1) is 31.3. The molecule has 0 fully saturated rings. The zero-order valence-electron chi connectivity index (χ0n) is 34.8. The van der Waals surface area contributed by atoms with Gasteiger partial charge in [-0.1, -0.05) is 218 Å². The first-order valence-electron chi connectivity index (χ1n) is 22.0. The molecule has 2 aliphatic rings. The summed E-state index contributed by atoms with van der Waals surface area (Å²) in [5, 5.41) is 10.1. The molecule has 0 amide bonds. The van der Waals surface area contributed by atoms with Gasteiger partial charge in [0.2, 0.25) is 0 Å². The molecule has 0 N–H and O–H groups in total. The summed E-state index contributed by atoms with van der Waals surface area (Å²) in [7, 11) is 0. The maximum Gasteiger partial charge on any atom is 0.0546 e. The minimum Gasteiger partial charge on any atom is -0.310 e. The molecule has 0 aliphatic heterocycles. The van der Waals surface area contributed by atoms with Crippen LogP contribution in [0.4, 0.5) is 17.1 Å². The number of fused-ring (bicyclic) bond motifs is 8. The SMILES string of the molecule is C1=CC2=CC=C(c3ccccc3)C(c3ccc(N(c4ccc(-c5ccc(-c6cccc7ccccc67)cc5)cc4)c4cccc5c6ccccc6c6ccccc6c45)cc3)C2C=C1. The number of benzene rings is 10. The fraction of sp³-hybridized carbons (Fsp3) is 0.0323. The molecule has 10 aromatic rings. The topological polar surface area (TPSA) is 3.24 Å². The molecule has 10 aromatic carbocycles. The lowest BCUT2D eigenvalue weighted by Crippen LogP contribution is -2.19. The number of allylic oxidation sites excluding steroid dienone is 8. The van der Waals surface area contributed by atoms with Gasteiger partial charge < -0.3 is 4.90 Å². The van der Waals surface area contributed by atoms with E-state index in [2.05, 4.69) is 254 Å². The Bertz CT molecular complexity index is 3430. The summed E-state index contributed by atoms with van der Waals surface area (Å²) in [5.74, 6) is 0.457. The van der Waals surface area contributed by atoms with Crippen molar-refractivity contribution < 1.29 is 0 Å². The Labute approximate surface area is 368 Å². The lowest BCUT2D eigenvalue weighted by Gasteiger charge is -2.34. The number of hydrogen-bond acceptors (Lipinski definition) is 1. The number of anilines is 3. The Morgan fingerprint density at radius 2 is 0.905 bits per heavy atom. The highest BCUT2D eigenvalue weighted by molar-refractivity contribution is 6.28. The maximum atomic E-state index is 2.46. The van der Waals surface area contributed by atoms with E-state index in [0.29, 0.717) is 0 Å². The Morgan fingerprint density at radius 3 is 1.62 bits per heavy atom. The van der Waals surface area contributed by atoms with Gasteiger partial charge in [-0.2, -0.15) is 0 Å². The molecule has 12 rings (SSSR count). The van der Waals surface area contributed by atoms with Gasteiger partial charge in [-0.25, -0.2) is 0 Å². The summed E-state index contributed by atoms with van der Waals surface area (Å²) < 4.78 is 0. The maximum absolute atomic E-state index is 2.46. The second-order valence-corrected chi connectivity index (χ2v) is 16.8. The van der Waals surface area contributed by atoms with Crippen molar-refractivity contribution in [2.45, 2.75) is 5.92 Å². The molecular formula is C62H43N.